The topological polar surface area (TPSA) is 132 Å². The van der Waals surface area contributed by atoms with E-state index in [1.165, 1.54) is 10.6 Å². The number of imidazole rings is 1. The molecule has 10 heteroatoms. The highest BCUT2D eigenvalue weighted by atomic mass is 16.4. The number of pyridine rings is 1. The zero-order valence-corrected chi connectivity index (χ0v) is 20.4. The number of carbonyl (C=O) groups is 1. The minimum absolute atomic E-state index is 0.0967. The molecular formula is C27H25N7O3. The molecule has 0 fully saturated rings. The number of nitrogens with one attached hydrogen (secondary N) is 1. The van der Waals surface area contributed by atoms with E-state index in [1.807, 2.05) is 56.3 Å². The first-order chi connectivity index (χ1) is 18.0. The lowest BCUT2D eigenvalue weighted by Crippen LogP contribution is -2.26. The Balaban J connectivity index is 1.51. The molecule has 0 amide bonds. The van der Waals surface area contributed by atoms with Crippen molar-refractivity contribution in [2.75, 3.05) is 0 Å². The summed E-state index contributed by atoms with van der Waals surface area (Å²) in [6.07, 6.45) is 5.01. The second kappa shape index (κ2) is 10.0. The fourth-order valence-corrected chi connectivity index (χ4v) is 4.51. The first-order valence-electron chi connectivity index (χ1n) is 11.9. The number of aromatic nitrogens is 7. The summed E-state index contributed by atoms with van der Waals surface area (Å²) in [4.78, 5) is 29.9. The molecule has 3 aromatic heterocycles. The minimum atomic E-state index is -1.07. The van der Waals surface area contributed by atoms with Crippen LogP contribution in [-0.2, 0) is 13.0 Å². The molecule has 186 valence electrons. The summed E-state index contributed by atoms with van der Waals surface area (Å²) >= 11 is 0. The Bertz CT molecular complexity index is 1620. The number of tetrazole rings is 1. The molecule has 5 rings (SSSR count). The highest BCUT2D eigenvalue weighted by Gasteiger charge is 2.19. The number of carboxylic acid groups (broad SMARTS) is 1. The predicted molar refractivity (Wildman–Crippen MR) is 138 cm³/mol. The van der Waals surface area contributed by atoms with Crippen LogP contribution in [0.5, 0.6) is 0 Å². The summed E-state index contributed by atoms with van der Waals surface area (Å²) in [6.45, 7) is 4.21. The highest BCUT2D eigenvalue weighted by Crippen LogP contribution is 2.28. The minimum Gasteiger partial charge on any atom is -0.478 e. The van der Waals surface area contributed by atoms with E-state index in [-0.39, 0.29) is 11.3 Å². The van der Waals surface area contributed by atoms with Crippen molar-refractivity contribution in [1.29, 1.82) is 0 Å². The monoisotopic (exact) mass is 495 g/mol. The second-order valence-corrected chi connectivity index (χ2v) is 8.72. The van der Waals surface area contributed by atoms with Crippen LogP contribution in [0.25, 0.3) is 28.3 Å². The third-order valence-corrected chi connectivity index (χ3v) is 6.24. The lowest BCUT2D eigenvalue weighted by Gasteiger charge is -2.10. The molecule has 10 nitrogen and oxygen atoms in total. The van der Waals surface area contributed by atoms with Gasteiger partial charge in [-0.1, -0.05) is 49.7 Å². The number of rotatable bonds is 8. The Morgan fingerprint density at radius 1 is 1.08 bits per heavy atom. The maximum Gasteiger partial charge on any atom is 0.337 e. The fourth-order valence-electron chi connectivity index (χ4n) is 4.51. The van der Waals surface area contributed by atoms with Crippen LogP contribution in [0.2, 0.25) is 0 Å². The van der Waals surface area contributed by atoms with Crippen LogP contribution in [0.15, 0.2) is 71.8 Å². The molecule has 0 unspecified atom stereocenters. The fraction of sp³-hybridized carbons (Fsp3) is 0.185. The second-order valence-electron chi connectivity index (χ2n) is 8.72. The Kier molecular flexibility index (Phi) is 6.46. The maximum atomic E-state index is 13.6. The lowest BCUT2D eigenvalue weighted by atomic mass is 10.0. The van der Waals surface area contributed by atoms with Gasteiger partial charge >= 0.3 is 11.7 Å². The standard InChI is InChI=1S/C27H25N7O3/c1-3-6-20-16-34(24-17(2)7-4-8-22(24)26(35)36)27(37)33(20)15-18-10-12-19(13-11-18)23-21(9-5-14-28-23)25-29-31-32-30-25/h4-5,7-14,16H,3,6,15H2,1-2H3,(H,35,36)(H,29,30,31,32). The maximum absolute atomic E-state index is 13.6. The van der Waals surface area contributed by atoms with Crippen LogP contribution in [0, 0.1) is 6.92 Å². The van der Waals surface area contributed by atoms with Crippen molar-refractivity contribution < 1.29 is 9.90 Å². The summed E-state index contributed by atoms with van der Waals surface area (Å²) in [7, 11) is 0. The molecule has 0 bridgehead atoms. The number of aromatic carboxylic acids is 1. The molecular weight excluding hydrogens is 470 g/mol. The number of para-hydroxylation sites is 1. The molecule has 2 N–H and O–H groups in total. The van der Waals surface area contributed by atoms with Crippen molar-refractivity contribution in [1.82, 2.24) is 34.7 Å². The third kappa shape index (κ3) is 4.56. The van der Waals surface area contributed by atoms with E-state index in [1.54, 1.807) is 23.0 Å². The smallest absolute Gasteiger partial charge is 0.337 e. The van der Waals surface area contributed by atoms with Gasteiger partial charge in [-0.3, -0.25) is 14.1 Å². The van der Waals surface area contributed by atoms with E-state index in [9.17, 15) is 14.7 Å². The molecule has 0 saturated carbocycles. The van der Waals surface area contributed by atoms with Gasteiger partial charge in [-0.15, -0.1) is 10.2 Å². The molecule has 0 aliphatic heterocycles. The number of aryl methyl sites for hydroxylation is 2. The van der Waals surface area contributed by atoms with Crippen molar-refractivity contribution in [3.05, 3.63) is 99.9 Å². The van der Waals surface area contributed by atoms with Gasteiger partial charge in [0.25, 0.3) is 0 Å². The van der Waals surface area contributed by atoms with Gasteiger partial charge in [0.15, 0.2) is 0 Å². The summed E-state index contributed by atoms with van der Waals surface area (Å²) in [5.74, 6) is -0.609. The average Bonchev–Trinajstić information content (AvgIpc) is 3.54. The van der Waals surface area contributed by atoms with Crippen molar-refractivity contribution in [2.24, 2.45) is 0 Å². The molecule has 2 aromatic carbocycles. The van der Waals surface area contributed by atoms with Crippen LogP contribution in [0.3, 0.4) is 0 Å². The Morgan fingerprint density at radius 2 is 1.89 bits per heavy atom. The Hall–Kier alpha value is -4.86. The van der Waals surface area contributed by atoms with Gasteiger partial charge in [0, 0.05) is 29.2 Å². The van der Waals surface area contributed by atoms with E-state index in [0.717, 1.165) is 40.1 Å². The molecule has 0 saturated heterocycles. The van der Waals surface area contributed by atoms with Crippen LogP contribution in [-0.4, -0.2) is 45.8 Å². The van der Waals surface area contributed by atoms with Gasteiger partial charge in [0.1, 0.15) is 0 Å². The van der Waals surface area contributed by atoms with Crippen molar-refractivity contribution >= 4 is 5.97 Å². The van der Waals surface area contributed by atoms with Gasteiger partial charge in [-0.2, -0.15) is 5.21 Å². The summed E-state index contributed by atoms with van der Waals surface area (Å²) < 4.78 is 3.17. The zero-order valence-electron chi connectivity index (χ0n) is 20.4. The normalized spacial score (nSPS) is 11.1. The lowest BCUT2D eigenvalue weighted by molar-refractivity contribution is 0.0696. The SMILES string of the molecule is CCCc1cn(-c2c(C)cccc2C(=O)O)c(=O)n1Cc1ccc(-c2ncccc2-c2nn[nH]n2)cc1. The molecule has 0 spiro atoms. The number of carboxylic acids is 1. The number of benzene rings is 2. The first kappa shape index (κ1) is 23.9. The van der Waals surface area contributed by atoms with Gasteiger partial charge in [-0.05, 0) is 47.9 Å². The van der Waals surface area contributed by atoms with Crippen LogP contribution in [0.1, 0.15) is 40.5 Å². The molecule has 37 heavy (non-hydrogen) atoms. The highest BCUT2D eigenvalue weighted by molar-refractivity contribution is 5.92. The molecule has 5 aromatic rings. The van der Waals surface area contributed by atoms with Gasteiger partial charge in [-0.25, -0.2) is 9.59 Å². The quantitative estimate of drug-likeness (QED) is 0.334. The van der Waals surface area contributed by atoms with Crippen molar-refractivity contribution in [2.45, 2.75) is 33.2 Å². The largest absolute Gasteiger partial charge is 0.478 e. The number of H-pyrrole nitrogens is 1. The van der Waals surface area contributed by atoms with Gasteiger partial charge in [0.2, 0.25) is 5.82 Å². The molecule has 0 atom stereocenters. The molecule has 0 aliphatic carbocycles. The first-order valence-corrected chi connectivity index (χ1v) is 11.9. The number of hydrogen-bond donors (Lipinski definition) is 2. The van der Waals surface area contributed by atoms with Crippen molar-refractivity contribution in [3.8, 4) is 28.3 Å². The van der Waals surface area contributed by atoms with Crippen LogP contribution in [0.4, 0.5) is 0 Å². The van der Waals surface area contributed by atoms with E-state index in [4.69, 9.17) is 0 Å². The van der Waals surface area contributed by atoms with Crippen molar-refractivity contribution in [3.63, 3.8) is 0 Å². The van der Waals surface area contributed by atoms with E-state index in [2.05, 4.69) is 25.6 Å². The van der Waals surface area contributed by atoms with Crippen LogP contribution < -0.4 is 5.69 Å². The number of hydrogen-bond acceptors (Lipinski definition) is 6. The van der Waals surface area contributed by atoms with Gasteiger partial charge < -0.3 is 5.11 Å². The molecule has 3 heterocycles. The Labute approximate surface area is 212 Å². The number of aromatic amines is 1. The van der Waals surface area contributed by atoms with E-state index in [0.29, 0.717) is 24.5 Å². The van der Waals surface area contributed by atoms with E-state index < -0.39 is 5.97 Å². The van der Waals surface area contributed by atoms with Gasteiger partial charge in [0.05, 0.1) is 23.5 Å². The summed E-state index contributed by atoms with van der Waals surface area (Å²) in [5.41, 5.74) is 5.10. The zero-order chi connectivity index (χ0) is 25.9. The predicted octanol–water partition coefficient (Wildman–Crippen LogP) is 3.89. The Morgan fingerprint density at radius 3 is 2.59 bits per heavy atom. The molecule has 0 radical (unpaired) electrons. The number of nitrogens with zero attached hydrogens (tertiary/aromatic N) is 6. The van der Waals surface area contributed by atoms with E-state index >= 15 is 0 Å². The molecule has 0 aliphatic rings. The van der Waals surface area contributed by atoms with Crippen LogP contribution >= 0.6 is 0 Å². The third-order valence-electron chi connectivity index (χ3n) is 6.24. The summed E-state index contributed by atoms with van der Waals surface area (Å²) in [5, 5.41) is 24.0. The average molecular weight is 496 g/mol. The summed E-state index contributed by atoms with van der Waals surface area (Å²) in [6, 6.07) is 16.5.